The Morgan fingerprint density at radius 2 is 0.722 bits per heavy atom. The smallest absolute Gasteiger partial charge is 0.161 e. The Bertz CT molecular complexity index is 801. The van der Waals surface area contributed by atoms with Crippen LogP contribution in [0, 0.1) is 0 Å². The van der Waals surface area contributed by atoms with Crippen molar-refractivity contribution >= 4 is 0 Å². The van der Waals surface area contributed by atoms with E-state index in [1.54, 1.807) is 0 Å². The molecule has 1 aliphatic heterocycles. The largest absolute Gasteiger partial charge is 0.487 e. The number of hydrogen-bond acceptors (Lipinski definition) is 8. The SMILES string of the molecule is CCc1ccc2c(c1)OCCOCCOCCOc1ccc(CC)cc1OCCOCCOCCO2. The van der Waals surface area contributed by atoms with Crippen LogP contribution in [0.5, 0.6) is 23.0 Å². The topological polar surface area (TPSA) is 73.8 Å². The molecule has 0 unspecified atom stereocenters. The zero-order valence-electron chi connectivity index (χ0n) is 21.6. The molecule has 1 aliphatic rings. The second-order valence-corrected chi connectivity index (χ2v) is 8.11. The van der Waals surface area contributed by atoms with Crippen molar-refractivity contribution in [2.75, 3.05) is 79.3 Å². The van der Waals surface area contributed by atoms with Gasteiger partial charge in [-0.15, -0.1) is 0 Å². The van der Waals surface area contributed by atoms with E-state index in [9.17, 15) is 0 Å². The maximum atomic E-state index is 5.93. The Balaban J connectivity index is 1.50. The molecule has 2 aromatic rings. The lowest BCUT2D eigenvalue weighted by Gasteiger charge is -2.15. The first-order chi connectivity index (χ1) is 17.8. The van der Waals surface area contributed by atoms with Gasteiger partial charge in [-0.25, -0.2) is 0 Å². The summed E-state index contributed by atoms with van der Waals surface area (Å²) in [5.74, 6) is 2.84. The molecule has 0 atom stereocenters. The van der Waals surface area contributed by atoms with Gasteiger partial charge in [0.15, 0.2) is 23.0 Å². The maximum absolute atomic E-state index is 5.93. The third-order valence-corrected chi connectivity index (χ3v) is 5.52. The highest BCUT2D eigenvalue weighted by molar-refractivity contribution is 5.43. The number of ether oxygens (including phenoxy) is 8. The lowest BCUT2D eigenvalue weighted by Crippen LogP contribution is -2.15. The summed E-state index contributed by atoms with van der Waals surface area (Å²) < 4.78 is 46.2. The number of hydrogen-bond donors (Lipinski definition) is 0. The van der Waals surface area contributed by atoms with Crippen LogP contribution >= 0.6 is 0 Å². The molecule has 2 aromatic carbocycles. The van der Waals surface area contributed by atoms with Gasteiger partial charge in [-0.2, -0.15) is 0 Å². The molecule has 0 saturated carbocycles. The zero-order valence-corrected chi connectivity index (χ0v) is 21.6. The summed E-state index contributed by atoms with van der Waals surface area (Å²) in [4.78, 5) is 0. The van der Waals surface area contributed by atoms with E-state index in [-0.39, 0.29) is 0 Å². The van der Waals surface area contributed by atoms with Crippen LogP contribution in [0.4, 0.5) is 0 Å². The minimum atomic E-state index is 0.426. The van der Waals surface area contributed by atoms with Crippen molar-refractivity contribution in [3.8, 4) is 23.0 Å². The molecular weight excluding hydrogens is 464 g/mol. The van der Waals surface area contributed by atoms with E-state index in [2.05, 4.69) is 13.8 Å². The maximum Gasteiger partial charge on any atom is 0.161 e. The number of rotatable bonds is 2. The van der Waals surface area contributed by atoms with Crippen molar-refractivity contribution in [1.29, 1.82) is 0 Å². The summed E-state index contributed by atoms with van der Waals surface area (Å²) in [5, 5.41) is 0. The highest BCUT2D eigenvalue weighted by Crippen LogP contribution is 2.29. The van der Waals surface area contributed by atoms with Gasteiger partial charge in [-0.1, -0.05) is 26.0 Å². The molecule has 0 amide bonds. The minimum absolute atomic E-state index is 0.426. The molecule has 200 valence electrons. The predicted octanol–water partition coefficient (Wildman–Crippen LogP) is 4.11. The first-order valence-electron chi connectivity index (χ1n) is 12.9. The summed E-state index contributed by atoms with van der Waals surface area (Å²) in [5.41, 5.74) is 2.38. The second-order valence-electron chi connectivity index (χ2n) is 8.11. The lowest BCUT2D eigenvalue weighted by molar-refractivity contribution is 0.0223. The Morgan fingerprint density at radius 1 is 0.417 bits per heavy atom. The average Bonchev–Trinajstić information content (AvgIpc) is 2.91. The fraction of sp³-hybridized carbons (Fsp3) is 0.571. The van der Waals surface area contributed by atoms with Crippen LogP contribution in [0.3, 0.4) is 0 Å². The molecule has 1 heterocycles. The number of benzene rings is 2. The van der Waals surface area contributed by atoms with Gasteiger partial charge in [0.1, 0.15) is 26.4 Å². The quantitative estimate of drug-likeness (QED) is 0.605. The molecule has 8 nitrogen and oxygen atoms in total. The molecule has 0 aliphatic carbocycles. The summed E-state index contributed by atoms with van der Waals surface area (Å²) in [6.45, 7) is 9.71. The van der Waals surface area contributed by atoms with E-state index < -0.39 is 0 Å². The summed E-state index contributed by atoms with van der Waals surface area (Å²) in [6, 6.07) is 12.0. The number of fused-ring (bicyclic) bond motifs is 2. The van der Waals surface area contributed by atoms with Gasteiger partial charge in [0, 0.05) is 0 Å². The summed E-state index contributed by atoms with van der Waals surface area (Å²) >= 11 is 0. The van der Waals surface area contributed by atoms with Gasteiger partial charge in [0.05, 0.1) is 52.9 Å². The Morgan fingerprint density at radius 3 is 1.06 bits per heavy atom. The van der Waals surface area contributed by atoms with Crippen LogP contribution < -0.4 is 18.9 Å². The third kappa shape index (κ3) is 10.2. The van der Waals surface area contributed by atoms with E-state index in [4.69, 9.17) is 37.9 Å². The van der Waals surface area contributed by atoms with Crippen molar-refractivity contribution in [3.05, 3.63) is 47.5 Å². The van der Waals surface area contributed by atoms with Crippen LogP contribution in [-0.2, 0) is 31.8 Å². The molecule has 0 radical (unpaired) electrons. The van der Waals surface area contributed by atoms with Gasteiger partial charge in [0.25, 0.3) is 0 Å². The Labute approximate surface area is 214 Å². The van der Waals surface area contributed by atoms with Crippen LogP contribution in [0.25, 0.3) is 0 Å². The molecule has 36 heavy (non-hydrogen) atoms. The normalized spacial score (nSPS) is 17.6. The van der Waals surface area contributed by atoms with Gasteiger partial charge >= 0.3 is 0 Å². The highest BCUT2D eigenvalue weighted by atomic mass is 16.6. The van der Waals surface area contributed by atoms with Gasteiger partial charge in [-0.05, 0) is 48.2 Å². The predicted molar refractivity (Wildman–Crippen MR) is 137 cm³/mol. The standard InChI is InChI=1S/C28H40O8/c1-3-23-5-7-25-27(21-23)35-19-15-31-11-9-30-14-18-34-26-8-6-24(4-2)22-28(26)36-20-16-32-12-10-29-13-17-33-25/h5-8,21-22H,3-4,9-20H2,1-2H3. The van der Waals surface area contributed by atoms with E-state index >= 15 is 0 Å². The van der Waals surface area contributed by atoms with Crippen molar-refractivity contribution in [2.24, 2.45) is 0 Å². The van der Waals surface area contributed by atoms with Gasteiger partial charge < -0.3 is 37.9 Å². The molecule has 0 aromatic heterocycles. The first-order valence-corrected chi connectivity index (χ1v) is 12.9. The molecule has 0 saturated heterocycles. The second kappa shape index (κ2) is 17.0. The average molecular weight is 505 g/mol. The van der Waals surface area contributed by atoms with E-state index in [0.29, 0.717) is 90.8 Å². The van der Waals surface area contributed by atoms with Crippen molar-refractivity contribution in [1.82, 2.24) is 0 Å². The fourth-order valence-electron chi connectivity index (χ4n) is 3.50. The summed E-state index contributed by atoms with van der Waals surface area (Å²) in [6.07, 6.45) is 1.85. The van der Waals surface area contributed by atoms with Crippen molar-refractivity contribution in [3.63, 3.8) is 0 Å². The summed E-state index contributed by atoms with van der Waals surface area (Å²) in [7, 11) is 0. The zero-order chi connectivity index (χ0) is 25.3. The minimum Gasteiger partial charge on any atom is -0.487 e. The van der Waals surface area contributed by atoms with Crippen LogP contribution in [0.15, 0.2) is 36.4 Å². The molecule has 3 rings (SSSR count). The molecule has 0 bridgehead atoms. The van der Waals surface area contributed by atoms with Crippen LogP contribution in [0.1, 0.15) is 25.0 Å². The first kappa shape index (κ1) is 28.1. The Hall–Kier alpha value is -2.52. The van der Waals surface area contributed by atoms with Gasteiger partial charge in [0.2, 0.25) is 0 Å². The molecule has 8 heteroatoms. The third-order valence-electron chi connectivity index (χ3n) is 5.52. The molecule has 0 fully saturated rings. The van der Waals surface area contributed by atoms with E-state index in [1.807, 2.05) is 36.4 Å². The monoisotopic (exact) mass is 504 g/mol. The Kier molecular flexibility index (Phi) is 13.3. The van der Waals surface area contributed by atoms with Crippen LogP contribution in [0.2, 0.25) is 0 Å². The van der Waals surface area contributed by atoms with Crippen molar-refractivity contribution < 1.29 is 37.9 Å². The molecular formula is C28H40O8. The molecule has 0 spiro atoms. The fourth-order valence-corrected chi connectivity index (χ4v) is 3.50. The van der Waals surface area contributed by atoms with Gasteiger partial charge in [-0.3, -0.25) is 0 Å². The lowest BCUT2D eigenvalue weighted by atomic mass is 10.1. The van der Waals surface area contributed by atoms with Crippen molar-refractivity contribution in [2.45, 2.75) is 26.7 Å². The van der Waals surface area contributed by atoms with Crippen LogP contribution in [-0.4, -0.2) is 79.3 Å². The van der Waals surface area contributed by atoms with E-state index in [1.165, 1.54) is 11.1 Å². The highest BCUT2D eigenvalue weighted by Gasteiger charge is 2.09. The molecule has 0 N–H and O–H groups in total. The number of aryl methyl sites for hydroxylation is 2. The van der Waals surface area contributed by atoms with E-state index in [0.717, 1.165) is 24.3 Å².